The fourth-order valence-corrected chi connectivity index (χ4v) is 2.68. The zero-order chi connectivity index (χ0) is 24.8. The lowest BCUT2D eigenvalue weighted by atomic mass is 10.2. The van der Waals surface area contributed by atoms with Crippen LogP contribution in [0.2, 0.25) is 0 Å². The summed E-state index contributed by atoms with van der Waals surface area (Å²) in [6.07, 6.45) is 2.92. The Morgan fingerprint density at radius 3 is 2.18 bits per heavy atom. The van der Waals surface area contributed by atoms with Gasteiger partial charge in [-0.2, -0.15) is 0 Å². The minimum atomic E-state index is -0.913. The molecule has 0 heterocycles. The lowest BCUT2D eigenvalue weighted by Crippen LogP contribution is -2.40. The van der Waals surface area contributed by atoms with E-state index in [0.717, 1.165) is 11.3 Å². The zero-order valence-corrected chi connectivity index (χ0v) is 19.5. The van der Waals surface area contributed by atoms with Crippen LogP contribution in [0, 0.1) is 0 Å². The quantitative estimate of drug-likeness (QED) is 0.263. The highest BCUT2D eigenvalue weighted by atomic mass is 16.5. The Bertz CT molecular complexity index is 956. The molecule has 9 heteroatoms. The molecule has 2 amide bonds. The van der Waals surface area contributed by atoms with Crippen LogP contribution in [0.25, 0.3) is 6.08 Å². The van der Waals surface area contributed by atoms with Crippen LogP contribution in [-0.4, -0.2) is 57.3 Å². The Morgan fingerprint density at radius 1 is 0.941 bits per heavy atom. The largest absolute Gasteiger partial charge is 0.497 e. The van der Waals surface area contributed by atoms with E-state index in [1.807, 2.05) is 6.92 Å². The van der Waals surface area contributed by atoms with Crippen LogP contribution in [0.4, 0.5) is 0 Å². The van der Waals surface area contributed by atoms with Gasteiger partial charge in [0.2, 0.25) is 5.91 Å². The van der Waals surface area contributed by atoms with Gasteiger partial charge in [-0.1, -0.05) is 12.1 Å². The predicted octanol–water partition coefficient (Wildman–Crippen LogP) is 2.35. The maximum absolute atomic E-state index is 12.0. The van der Waals surface area contributed by atoms with E-state index in [9.17, 15) is 14.4 Å². The minimum absolute atomic E-state index is 0.242. The second-order valence-corrected chi connectivity index (χ2v) is 7.05. The molecule has 0 aliphatic carbocycles. The Hall–Kier alpha value is -4.01. The molecule has 2 N–H and O–H groups in total. The molecule has 34 heavy (non-hydrogen) atoms. The number of methoxy groups -OCH3 is 1. The molecule has 2 aromatic rings. The Kier molecular flexibility index (Phi) is 11.0. The molecule has 1 atom stereocenters. The first-order chi connectivity index (χ1) is 16.4. The van der Waals surface area contributed by atoms with E-state index in [4.69, 9.17) is 18.9 Å². The highest BCUT2D eigenvalue weighted by Crippen LogP contribution is 2.17. The van der Waals surface area contributed by atoms with Crippen molar-refractivity contribution >= 4 is 23.9 Å². The number of hydrogen-bond donors (Lipinski definition) is 2. The summed E-state index contributed by atoms with van der Waals surface area (Å²) in [6, 6.07) is 13.4. The molecule has 0 aromatic heterocycles. The van der Waals surface area contributed by atoms with Crippen molar-refractivity contribution in [2.24, 2.45) is 0 Å². The van der Waals surface area contributed by atoms with Crippen molar-refractivity contribution < 1.29 is 33.3 Å². The van der Waals surface area contributed by atoms with Crippen LogP contribution in [0.5, 0.6) is 17.2 Å². The number of carbonyl (C=O) groups is 3. The average molecular weight is 471 g/mol. The SMILES string of the molecule is CCOc1ccc(OCCNC(=O)COC(=O)[C@H](C)NC(=O)/C=C/c2ccc(OC)cc2)cc1. The number of hydrogen-bond acceptors (Lipinski definition) is 7. The van der Waals surface area contributed by atoms with Crippen molar-refractivity contribution in [2.75, 3.05) is 33.5 Å². The van der Waals surface area contributed by atoms with Gasteiger partial charge in [0.15, 0.2) is 6.61 Å². The summed E-state index contributed by atoms with van der Waals surface area (Å²) in [5.74, 6) is 0.463. The highest BCUT2D eigenvalue weighted by Gasteiger charge is 2.17. The van der Waals surface area contributed by atoms with Gasteiger partial charge in [0.25, 0.3) is 5.91 Å². The molecule has 0 radical (unpaired) electrons. The van der Waals surface area contributed by atoms with Gasteiger partial charge in [0.05, 0.1) is 20.3 Å². The molecular weight excluding hydrogens is 440 g/mol. The summed E-state index contributed by atoms with van der Waals surface area (Å²) in [4.78, 5) is 35.9. The molecule has 2 aromatic carbocycles. The van der Waals surface area contributed by atoms with Gasteiger partial charge in [-0.25, -0.2) is 4.79 Å². The normalized spacial score (nSPS) is 11.4. The molecule has 9 nitrogen and oxygen atoms in total. The second-order valence-electron chi connectivity index (χ2n) is 7.05. The first-order valence-corrected chi connectivity index (χ1v) is 10.8. The summed E-state index contributed by atoms with van der Waals surface area (Å²) in [6.45, 7) is 4.01. The molecule has 0 spiro atoms. The zero-order valence-electron chi connectivity index (χ0n) is 19.5. The molecule has 182 valence electrons. The van der Waals surface area contributed by atoms with Crippen LogP contribution in [0.3, 0.4) is 0 Å². The molecule has 0 bridgehead atoms. The van der Waals surface area contributed by atoms with Gasteiger partial charge in [0.1, 0.15) is 29.9 Å². The topological polar surface area (TPSA) is 112 Å². The smallest absolute Gasteiger partial charge is 0.328 e. The minimum Gasteiger partial charge on any atom is -0.497 e. The van der Waals surface area contributed by atoms with Gasteiger partial charge < -0.3 is 29.6 Å². The van der Waals surface area contributed by atoms with E-state index in [1.165, 1.54) is 13.0 Å². The van der Waals surface area contributed by atoms with Crippen molar-refractivity contribution in [3.63, 3.8) is 0 Å². The highest BCUT2D eigenvalue weighted by molar-refractivity contribution is 5.94. The van der Waals surface area contributed by atoms with Gasteiger partial charge >= 0.3 is 5.97 Å². The summed E-state index contributed by atoms with van der Waals surface area (Å²) in [7, 11) is 1.57. The van der Waals surface area contributed by atoms with E-state index in [1.54, 1.807) is 61.7 Å². The van der Waals surface area contributed by atoms with E-state index >= 15 is 0 Å². The molecule has 0 fully saturated rings. The maximum atomic E-state index is 12.0. The lowest BCUT2D eigenvalue weighted by Gasteiger charge is -2.12. The second kappa shape index (κ2) is 14.2. The summed E-state index contributed by atoms with van der Waals surface area (Å²) >= 11 is 0. The molecule has 0 aliphatic heterocycles. The number of amides is 2. The maximum Gasteiger partial charge on any atom is 0.328 e. The number of rotatable bonds is 13. The van der Waals surface area contributed by atoms with Crippen LogP contribution in [0.1, 0.15) is 19.4 Å². The van der Waals surface area contributed by atoms with Crippen molar-refractivity contribution in [3.05, 3.63) is 60.2 Å². The monoisotopic (exact) mass is 470 g/mol. The van der Waals surface area contributed by atoms with Gasteiger partial charge in [-0.05, 0) is 61.9 Å². The number of nitrogens with one attached hydrogen (secondary N) is 2. The number of benzene rings is 2. The van der Waals surface area contributed by atoms with Crippen molar-refractivity contribution in [3.8, 4) is 17.2 Å². The molecule has 0 unspecified atom stereocenters. The van der Waals surface area contributed by atoms with Crippen molar-refractivity contribution in [1.29, 1.82) is 0 Å². The van der Waals surface area contributed by atoms with Gasteiger partial charge in [-0.3, -0.25) is 9.59 Å². The van der Waals surface area contributed by atoms with E-state index < -0.39 is 30.4 Å². The van der Waals surface area contributed by atoms with E-state index in [0.29, 0.717) is 18.1 Å². The third kappa shape index (κ3) is 9.64. The first kappa shape index (κ1) is 26.2. The fraction of sp³-hybridized carbons (Fsp3) is 0.320. The fourth-order valence-electron chi connectivity index (χ4n) is 2.68. The molecule has 0 saturated carbocycles. The van der Waals surface area contributed by atoms with Gasteiger partial charge in [-0.15, -0.1) is 0 Å². The van der Waals surface area contributed by atoms with Crippen LogP contribution in [0.15, 0.2) is 54.6 Å². The third-order valence-electron chi connectivity index (χ3n) is 4.43. The molecular formula is C25H30N2O7. The summed E-state index contributed by atoms with van der Waals surface area (Å²) in [5.41, 5.74) is 0.800. The average Bonchev–Trinajstić information content (AvgIpc) is 2.85. The number of ether oxygens (including phenoxy) is 4. The first-order valence-electron chi connectivity index (χ1n) is 10.8. The number of carbonyl (C=O) groups excluding carboxylic acids is 3. The van der Waals surface area contributed by atoms with Crippen LogP contribution < -0.4 is 24.8 Å². The van der Waals surface area contributed by atoms with Crippen LogP contribution in [-0.2, 0) is 19.1 Å². The standard InChI is InChI=1S/C25H30N2O7/c1-4-32-21-10-12-22(13-11-21)33-16-15-26-24(29)17-34-25(30)18(2)27-23(28)14-7-19-5-8-20(31-3)9-6-19/h5-14,18H,4,15-17H2,1-3H3,(H,26,29)(H,27,28)/b14-7+/t18-/m0/s1. The lowest BCUT2D eigenvalue weighted by molar-refractivity contribution is -0.151. The van der Waals surface area contributed by atoms with Crippen molar-refractivity contribution in [1.82, 2.24) is 10.6 Å². The Labute approximate surface area is 199 Å². The van der Waals surface area contributed by atoms with E-state index in [2.05, 4.69) is 10.6 Å². The van der Waals surface area contributed by atoms with Crippen molar-refractivity contribution in [2.45, 2.75) is 19.9 Å². The summed E-state index contributed by atoms with van der Waals surface area (Å²) < 4.78 is 20.9. The summed E-state index contributed by atoms with van der Waals surface area (Å²) in [5, 5.41) is 5.09. The third-order valence-corrected chi connectivity index (χ3v) is 4.43. The Morgan fingerprint density at radius 2 is 1.56 bits per heavy atom. The van der Waals surface area contributed by atoms with Gasteiger partial charge in [0, 0.05) is 6.08 Å². The molecule has 0 saturated heterocycles. The van der Waals surface area contributed by atoms with E-state index in [-0.39, 0.29) is 13.2 Å². The number of esters is 1. The predicted molar refractivity (Wildman–Crippen MR) is 127 cm³/mol. The Balaban J connectivity index is 1.62. The molecule has 0 aliphatic rings. The van der Waals surface area contributed by atoms with Crippen LogP contribution >= 0.6 is 0 Å². The molecule has 2 rings (SSSR count).